The molecule has 0 radical (unpaired) electrons. The maximum Gasteiger partial charge on any atom is 0.0934 e. The molecule has 0 saturated heterocycles. The molecule has 0 aliphatic rings. The fourth-order valence-electron chi connectivity index (χ4n) is 1.52. The van der Waals surface area contributed by atoms with E-state index in [2.05, 4.69) is 19.2 Å². The van der Waals surface area contributed by atoms with Crippen LogP contribution in [0.3, 0.4) is 0 Å². The third-order valence-corrected chi connectivity index (χ3v) is 2.49. The largest absolute Gasteiger partial charge is 0.472 e. The Kier molecular flexibility index (Phi) is 4.03. The Labute approximate surface area is 80.3 Å². The number of hydrogen-bond acceptors (Lipinski definition) is 2. The Balaban J connectivity index is 2.47. The van der Waals surface area contributed by atoms with Crippen LogP contribution in [0, 0.1) is 11.8 Å². The highest BCUT2D eigenvalue weighted by atomic mass is 16.3. The van der Waals surface area contributed by atoms with Crippen LogP contribution in [0.2, 0.25) is 0 Å². The molecule has 0 aliphatic heterocycles. The molecular weight excluding hydrogens is 162 g/mol. The SMILES string of the molecule is CNCC(Cc1ccoc1)C(C)C. The summed E-state index contributed by atoms with van der Waals surface area (Å²) < 4.78 is 5.05. The van der Waals surface area contributed by atoms with E-state index in [0.717, 1.165) is 13.0 Å². The predicted octanol–water partition coefficient (Wildman–Crippen LogP) is 2.31. The summed E-state index contributed by atoms with van der Waals surface area (Å²) in [6, 6.07) is 2.05. The summed E-state index contributed by atoms with van der Waals surface area (Å²) >= 11 is 0. The maximum absolute atomic E-state index is 5.05. The van der Waals surface area contributed by atoms with E-state index in [-0.39, 0.29) is 0 Å². The number of nitrogens with one attached hydrogen (secondary N) is 1. The molecule has 0 amide bonds. The minimum absolute atomic E-state index is 0.697. The third-order valence-electron chi connectivity index (χ3n) is 2.49. The van der Waals surface area contributed by atoms with Crippen molar-refractivity contribution in [3.63, 3.8) is 0 Å². The van der Waals surface area contributed by atoms with Gasteiger partial charge in [0.15, 0.2) is 0 Å². The molecule has 1 aromatic rings. The smallest absolute Gasteiger partial charge is 0.0934 e. The van der Waals surface area contributed by atoms with E-state index in [9.17, 15) is 0 Å². The minimum Gasteiger partial charge on any atom is -0.472 e. The van der Waals surface area contributed by atoms with Crippen molar-refractivity contribution < 1.29 is 4.42 Å². The first-order chi connectivity index (χ1) is 6.24. The quantitative estimate of drug-likeness (QED) is 0.754. The summed E-state index contributed by atoms with van der Waals surface area (Å²) in [4.78, 5) is 0. The average Bonchev–Trinajstić information content (AvgIpc) is 2.56. The van der Waals surface area contributed by atoms with E-state index < -0.39 is 0 Å². The second kappa shape index (κ2) is 5.07. The van der Waals surface area contributed by atoms with Crippen molar-refractivity contribution in [1.82, 2.24) is 5.32 Å². The molecular formula is C11H19NO. The lowest BCUT2D eigenvalue weighted by Gasteiger charge is -2.19. The Bertz CT molecular complexity index is 216. The van der Waals surface area contributed by atoms with Gasteiger partial charge in [-0.05, 0) is 43.5 Å². The summed E-state index contributed by atoms with van der Waals surface area (Å²) in [5.74, 6) is 1.41. The Hall–Kier alpha value is -0.760. The molecule has 2 nitrogen and oxygen atoms in total. The van der Waals surface area contributed by atoms with E-state index in [1.807, 2.05) is 19.4 Å². The first-order valence-corrected chi connectivity index (χ1v) is 4.89. The van der Waals surface area contributed by atoms with Crippen molar-refractivity contribution >= 4 is 0 Å². The van der Waals surface area contributed by atoms with Gasteiger partial charge in [-0.3, -0.25) is 0 Å². The van der Waals surface area contributed by atoms with Gasteiger partial charge in [-0.2, -0.15) is 0 Å². The second-order valence-corrected chi connectivity index (χ2v) is 3.90. The van der Waals surface area contributed by atoms with Crippen LogP contribution in [0.4, 0.5) is 0 Å². The molecule has 1 heterocycles. The normalized spacial score (nSPS) is 13.5. The molecule has 0 bridgehead atoms. The van der Waals surface area contributed by atoms with Gasteiger partial charge >= 0.3 is 0 Å². The standard InChI is InChI=1S/C11H19NO/c1-9(2)11(7-12-3)6-10-4-5-13-8-10/h4-5,8-9,11-12H,6-7H2,1-3H3. The van der Waals surface area contributed by atoms with E-state index in [1.165, 1.54) is 5.56 Å². The summed E-state index contributed by atoms with van der Waals surface area (Å²) in [6.07, 6.45) is 4.69. The van der Waals surface area contributed by atoms with Gasteiger partial charge in [0.1, 0.15) is 0 Å². The van der Waals surface area contributed by atoms with Gasteiger partial charge in [0, 0.05) is 0 Å². The number of hydrogen-bond donors (Lipinski definition) is 1. The van der Waals surface area contributed by atoms with Crippen molar-refractivity contribution in [3.8, 4) is 0 Å². The Morgan fingerprint density at radius 3 is 2.69 bits per heavy atom. The minimum atomic E-state index is 0.697. The lowest BCUT2D eigenvalue weighted by Crippen LogP contribution is -2.24. The highest BCUT2D eigenvalue weighted by Crippen LogP contribution is 2.16. The van der Waals surface area contributed by atoms with Crippen LogP contribution >= 0.6 is 0 Å². The zero-order valence-electron chi connectivity index (χ0n) is 8.71. The van der Waals surface area contributed by atoms with Crippen LogP contribution in [-0.2, 0) is 6.42 Å². The fraction of sp³-hybridized carbons (Fsp3) is 0.636. The van der Waals surface area contributed by atoms with Crippen molar-refractivity contribution in [3.05, 3.63) is 24.2 Å². The summed E-state index contributed by atoms with van der Waals surface area (Å²) in [6.45, 7) is 5.60. The monoisotopic (exact) mass is 181 g/mol. The van der Waals surface area contributed by atoms with Crippen LogP contribution in [0.5, 0.6) is 0 Å². The van der Waals surface area contributed by atoms with Crippen LogP contribution in [0.15, 0.2) is 23.0 Å². The molecule has 74 valence electrons. The first-order valence-electron chi connectivity index (χ1n) is 4.89. The van der Waals surface area contributed by atoms with Gasteiger partial charge in [-0.25, -0.2) is 0 Å². The van der Waals surface area contributed by atoms with Crippen molar-refractivity contribution in [1.29, 1.82) is 0 Å². The van der Waals surface area contributed by atoms with Crippen molar-refractivity contribution in [2.45, 2.75) is 20.3 Å². The number of rotatable bonds is 5. The highest BCUT2D eigenvalue weighted by molar-refractivity contribution is 5.06. The maximum atomic E-state index is 5.05. The molecule has 1 N–H and O–H groups in total. The van der Waals surface area contributed by atoms with Crippen LogP contribution < -0.4 is 5.32 Å². The Morgan fingerprint density at radius 1 is 1.46 bits per heavy atom. The molecule has 0 saturated carbocycles. The van der Waals surface area contributed by atoms with Crippen LogP contribution in [0.25, 0.3) is 0 Å². The van der Waals surface area contributed by atoms with Gasteiger partial charge in [0.25, 0.3) is 0 Å². The molecule has 1 rings (SSSR count). The summed E-state index contributed by atoms with van der Waals surface area (Å²) in [7, 11) is 2.00. The molecule has 1 aromatic heterocycles. The molecule has 0 aliphatic carbocycles. The van der Waals surface area contributed by atoms with Gasteiger partial charge in [-0.1, -0.05) is 13.8 Å². The van der Waals surface area contributed by atoms with Gasteiger partial charge in [0.2, 0.25) is 0 Å². The second-order valence-electron chi connectivity index (χ2n) is 3.90. The third kappa shape index (κ3) is 3.23. The van der Waals surface area contributed by atoms with Crippen LogP contribution in [-0.4, -0.2) is 13.6 Å². The zero-order chi connectivity index (χ0) is 9.68. The molecule has 13 heavy (non-hydrogen) atoms. The predicted molar refractivity (Wildman–Crippen MR) is 54.7 cm³/mol. The zero-order valence-corrected chi connectivity index (χ0v) is 8.71. The van der Waals surface area contributed by atoms with E-state index >= 15 is 0 Å². The van der Waals surface area contributed by atoms with Gasteiger partial charge < -0.3 is 9.73 Å². The summed E-state index contributed by atoms with van der Waals surface area (Å²) in [5, 5.41) is 3.23. The highest BCUT2D eigenvalue weighted by Gasteiger charge is 2.13. The fourth-order valence-corrected chi connectivity index (χ4v) is 1.52. The average molecular weight is 181 g/mol. The summed E-state index contributed by atoms with van der Waals surface area (Å²) in [5.41, 5.74) is 1.30. The molecule has 0 spiro atoms. The molecule has 2 heteroatoms. The molecule has 0 aromatic carbocycles. The number of furan rings is 1. The van der Waals surface area contributed by atoms with E-state index in [4.69, 9.17) is 4.42 Å². The van der Waals surface area contributed by atoms with Crippen molar-refractivity contribution in [2.24, 2.45) is 11.8 Å². The van der Waals surface area contributed by atoms with Gasteiger partial charge in [0.05, 0.1) is 12.5 Å². The topological polar surface area (TPSA) is 25.2 Å². The molecule has 0 fully saturated rings. The van der Waals surface area contributed by atoms with E-state index in [1.54, 1.807) is 6.26 Å². The first kappa shape index (κ1) is 10.3. The molecule has 1 unspecified atom stereocenters. The van der Waals surface area contributed by atoms with E-state index in [0.29, 0.717) is 11.8 Å². The lowest BCUT2D eigenvalue weighted by atomic mass is 9.90. The van der Waals surface area contributed by atoms with Crippen LogP contribution in [0.1, 0.15) is 19.4 Å². The molecule has 1 atom stereocenters. The van der Waals surface area contributed by atoms with Crippen molar-refractivity contribution in [2.75, 3.05) is 13.6 Å². The lowest BCUT2D eigenvalue weighted by molar-refractivity contribution is 0.369. The Morgan fingerprint density at radius 2 is 2.23 bits per heavy atom. The van der Waals surface area contributed by atoms with Gasteiger partial charge in [-0.15, -0.1) is 0 Å².